The van der Waals surface area contributed by atoms with Crippen molar-refractivity contribution in [1.29, 1.82) is 0 Å². The summed E-state index contributed by atoms with van der Waals surface area (Å²) in [4.78, 5) is 18.3. The Labute approximate surface area is 155 Å². The number of hydrogen-bond donors (Lipinski definition) is 0. The van der Waals surface area contributed by atoms with Gasteiger partial charge in [0.05, 0.1) is 18.2 Å². The van der Waals surface area contributed by atoms with E-state index in [1.807, 2.05) is 69.6 Å². The van der Waals surface area contributed by atoms with Gasteiger partial charge in [0.25, 0.3) is 0 Å². The van der Waals surface area contributed by atoms with E-state index in [9.17, 15) is 4.79 Å². The van der Waals surface area contributed by atoms with Crippen molar-refractivity contribution in [3.63, 3.8) is 0 Å². The predicted molar refractivity (Wildman–Crippen MR) is 104 cm³/mol. The van der Waals surface area contributed by atoms with Gasteiger partial charge in [-0.05, 0) is 18.6 Å². The molecule has 0 aliphatic carbocycles. The van der Waals surface area contributed by atoms with Crippen molar-refractivity contribution in [2.75, 3.05) is 18.1 Å². The fourth-order valence-electron chi connectivity index (χ4n) is 2.98. The van der Waals surface area contributed by atoms with Gasteiger partial charge < -0.3 is 14.0 Å². The van der Waals surface area contributed by atoms with E-state index in [1.54, 1.807) is 4.90 Å². The lowest BCUT2D eigenvalue weighted by Crippen LogP contribution is -2.33. The van der Waals surface area contributed by atoms with Gasteiger partial charge in [-0.1, -0.05) is 46.8 Å². The van der Waals surface area contributed by atoms with Crippen molar-refractivity contribution in [2.24, 2.45) is 0 Å². The predicted octanol–water partition coefficient (Wildman–Crippen LogP) is 4.73. The first-order valence-electron chi connectivity index (χ1n) is 9.53. The number of amides is 1. The number of rotatable bonds is 2. The Morgan fingerprint density at radius 2 is 1.88 bits per heavy atom. The fourth-order valence-corrected chi connectivity index (χ4v) is 2.98. The molecule has 3 heterocycles. The standard InChI is InChI=1S/C16H17N3O3.2C2H6/c1-2-11-10-22-16(20)19(11)14-9-18-7-8-21-13-6-4-3-5-12(13)15(18)17-14;2*1-2/h3-6,9,11H,2,7-8,10H2,1H3;2*1-2H3/t11-;;/m1../s1. The summed E-state index contributed by atoms with van der Waals surface area (Å²) in [7, 11) is 0. The molecule has 6 nitrogen and oxygen atoms in total. The lowest BCUT2D eigenvalue weighted by molar-refractivity contribution is 0.178. The highest BCUT2D eigenvalue weighted by Crippen LogP contribution is 2.34. The third kappa shape index (κ3) is 3.69. The Morgan fingerprint density at radius 3 is 2.62 bits per heavy atom. The van der Waals surface area contributed by atoms with Crippen LogP contribution in [-0.2, 0) is 11.3 Å². The number of hydrogen-bond acceptors (Lipinski definition) is 4. The SMILES string of the molecule is CC.CC.CC[C@@H]1COC(=O)N1c1cn2c(n1)-c1ccccc1OCC2. The number of nitrogens with zero attached hydrogens (tertiary/aromatic N) is 3. The van der Waals surface area contributed by atoms with Crippen molar-refractivity contribution < 1.29 is 14.3 Å². The maximum absolute atomic E-state index is 12.0. The van der Waals surface area contributed by atoms with Crippen LogP contribution >= 0.6 is 0 Å². The summed E-state index contributed by atoms with van der Waals surface area (Å²) in [5.41, 5.74) is 0.951. The highest BCUT2D eigenvalue weighted by Gasteiger charge is 2.35. The zero-order valence-corrected chi connectivity index (χ0v) is 16.4. The van der Waals surface area contributed by atoms with Crippen LogP contribution in [0.15, 0.2) is 30.5 Å². The Bertz CT molecular complexity index is 727. The Hall–Kier alpha value is -2.50. The second-order valence-corrected chi connectivity index (χ2v) is 5.47. The second-order valence-electron chi connectivity index (χ2n) is 5.47. The molecule has 1 saturated heterocycles. The van der Waals surface area contributed by atoms with E-state index in [2.05, 4.69) is 0 Å². The van der Waals surface area contributed by atoms with Gasteiger partial charge in [-0.25, -0.2) is 9.78 Å². The van der Waals surface area contributed by atoms with Crippen LogP contribution in [0, 0.1) is 0 Å². The summed E-state index contributed by atoms with van der Waals surface area (Å²) < 4.78 is 13.0. The van der Waals surface area contributed by atoms with Crippen LogP contribution < -0.4 is 9.64 Å². The van der Waals surface area contributed by atoms with Gasteiger partial charge >= 0.3 is 6.09 Å². The van der Waals surface area contributed by atoms with Crippen LogP contribution in [0.4, 0.5) is 10.6 Å². The van der Waals surface area contributed by atoms with E-state index in [0.29, 0.717) is 25.6 Å². The van der Waals surface area contributed by atoms with Crippen LogP contribution in [0.25, 0.3) is 11.4 Å². The first-order valence-corrected chi connectivity index (χ1v) is 9.53. The molecule has 0 spiro atoms. The highest BCUT2D eigenvalue weighted by molar-refractivity contribution is 5.89. The number of carbonyl (C=O) groups is 1. The number of imidazole rings is 1. The monoisotopic (exact) mass is 359 g/mol. The minimum Gasteiger partial charge on any atom is -0.491 e. The molecule has 1 amide bonds. The summed E-state index contributed by atoms with van der Waals surface area (Å²) in [5, 5.41) is 0. The number of carbonyl (C=O) groups excluding carboxylic acids is 1. The molecule has 142 valence electrons. The largest absolute Gasteiger partial charge is 0.491 e. The van der Waals surface area contributed by atoms with Gasteiger partial charge in [0, 0.05) is 6.20 Å². The maximum Gasteiger partial charge on any atom is 0.415 e. The molecule has 6 heteroatoms. The highest BCUT2D eigenvalue weighted by atomic mass is 16.6. The lowest BCUT2D eigenvalue weighted by atomic mass is 10.2. The summed E-state index contributed by atoms with van der Waals surface area (Å²) >= 11 is 0. The second kappa shape index (κ2) is 9.27. The minimum atomic E-state index is -0.315. The van der Waals surface area contributed by atoms with E-state index < -0.39 is 0 Å². The minimum absolute atomic E-state index is 0.0538. The van der Waals surface area contributed by atoms with E-state index in [4.69, 9.17) is 14.5 Å². The number of ether oxygens (including phenoxy) is 2. The molecule has 1 aromatic carbocycles. The van der Waals surface area contributed by atoms with Crippen LogP contribution in [0.2, 0.25) is 0 Å². The molecule has 0 saturated carbocycles. The zero-order valence-electron chi connectivity index (χ0n) is 16.4. The smallest absolute Gasteiger partial charge is 0.415 e. The lowest BCUT2D eigenvalue weighted by Gasteiger charge is -2.16. The van der Waals surface area contributed by atoms with Gasteiger partial charge in [-0.2, -0.15) is 0 Å². The Morgan fingerprint density at radius 1 is 1.15 bits per heavy atom. The number of cyclic esters (lactones) is 1. The number of benzene rings is 1. The van der Waals surface area contributed by atoms with Crippen molar-refractivity contribution >= 4 is 11.9 Å². The maximum atomic E-state index is 12.0. The number of fused-ring (bicyclic) bond motifs is 3. The molecular formula is C20H29N3O3. The zero-order chi connectivity index (χ0) is 19.1. The number of para-hydroxylation sites is 1. The third-order valence-corrected chi connectivity index (χ3v) is 4.16. The summed E-state index contributed by atoms with van der Waals surface area (Å²) in [6, 6.07) is 7.90. The van der Waals surface area contributed by atoms with E-state index >= 15 is 0 Å². The number of anilines is 1. The van der Waals surface area contributed by atoms with Crippen LogP contribution in [0.1, 0.15) is 41.0 Å². The normalized spacial score (nSPS) is 17.3. The van der Waals surface area contributed by atoms with E-state index in [0.717, 1.165) is 23.6 Å². The molecule has 4 rings (SSSR count). The van der Waals surface area contributed by atoms with Gasteiger partial charge in [0.1, 0.15) is 24.8 Å². The average Bonchev–Trinajstić information content (AvgIpc) is 3.24. The topological polar surface area (TPSA) is 56.6 Å². The van der Waals surface area contributed by atoms with Crippen molar-refractivity contribution in [3.8, 4) is 17.1 Å². The van der Waals surface area contributed by atoms with Crippen LogP contribution in [0.3, 0.4) is 0 Å². The molecule has 0 bridgehead atoms. The molecular weight excluding hydrogens is 330 g/mol. The molecule has 0 unspecified atom stereocenters. The van der Waals surface area contributed by atoms with Crippen molar-refractivity contribution in [3.05, 3.63) is 30.5 Å². The average molecular weight is 359 g/mol. The molecule has 2 aliphatic rings. The molecule has 1 aromatic heterocycles. The van der Waals surface area contributed by atoms with Gasteiger partial charge in [0.15, 0.2) is 5.82 Å². The van der Waals surface area contributed by atoms with Crippen LogP contribution in [-0.4, -0.2) is 34.9 Å². The first kappa shape index (κ1) is 19.8. The van der Waals surface area contributed by atoms with Gasteiger partial charge in [-0.15, -0.1) is 0 Å². The number of aromatic nitrogens is 2. The summed E-state index contributed by atoms with van der Waals surface area (Å²) in [6.07, 6.45) is 2.44. The molecule has 26 heavy (non-hydrogen) atoms. The molecule has 0 radical (unpaired) electrons. The van der Waals surface area contributed by atoms with Crippen molar-refractivity contribution in [1.82, 2.24) is 9.55 Å². The summed E-state index contributed by atoms with van der Waals surface area (Å²) in [6.45, 7) is 11.8. The Kier molecular flexibility index (Phi) is 7.06. The molecule has 0 N–H and O–H groups in total. The summed E-state index contributed by atoms with van der Waals surface area (Å²) in [5.74, 6) is 2.31. The van der Waals surface area contributed by atoms with Crippen molar-refractivity contribution in [2.45, 2.75) is 53.6 Å². The fraction of sp³-hybridized carbons (Fsp3) is 0.500. The van der Waals surface area contributed by atoms with Gasteiger partial charge in [0.2, 0.25) is 0 Å². The quantitative estimate of drug-likeness (QED) is 0.778. The molecule has 1 atom stereocenters. The molecule has 2 aliphatic heterocycles. The third-order valence-electron chi connectivity index (χ3n) is 4.16. The van der Waals surface area contributed by atoms with Gasteiger partial charge in [-0.3, -0.25) is 4.90 Å². The van der Waals surface area contributed by atoms with E-state index in [1.165, 1.54) is 0 Å². The van der Waals surface area contributed by atoms with E-state index in [-0.39, 0.29) is 12.1 Å². The first-order chi connectivity index (χ1) is 12.8. The van der Waals surface area contributed by atoms with Crippen LogP contribution in [0.5, 0.6) is 5.75 Å². The Balaban J connectivity index is 0.000000570. The molecule has 1 fully saturated rings. The molecule has 2 aromatic rings.